The van der Waals surface area contributed by atoms with E-state index in [1.165, 1.54) is 19.3 Å². The van der Waals surface area contributed by atoms with E-state index >= 15 is 0 Å². The number of hydrogen-bond donors (Lipinski definition) is 2. The Labute approximate surface area is 112 Å². The molecule has 0 aromatic carbocycles. The average Bonchev–Trinajstić information content (AvgIpc) is 2.32. The van der Waals surface area contributed by atoms with E-state index < -0.39 is 0 Å². The largest absolute Gasteiger partial charge is 0.380 e. The van der Waals surface area contributed by atoms with E-state index in [0.29, 0.717) is 26.2 Å². The standard InChI is InChI=1S/C14H30N2O2/c1-4-5-6-8-14(2,3)12-16-13(17)7-10-18-11-9-15/h4-12,15H2,1-3H3,(H,16,17). The van der Waals surface area contributed by atoms with Crippen LogP contribution in [0, 0.1) is 5.41 Å². The third kappa shape index (κ3) is 10.5. The minimum atomic E-state index is 0.0654. The van der Waals surface area contributed by atoms with Crippen LogP contribution in [0.1, 0.15) is 52.9 Å². The van der Waals surface area contributed by atoms with E-state index in [4.69, 9.17) is 10.5 Å². The van der Waals surface area contributed by atoms with Crippen molar-refractivity contribution in [3.8, 4) is 0 Å². The number of unbranched alkanes of at least 4 members (excludes halogenated alkanes) is 2. The van der Waals surface area contributed by atoms with Gasteiger partial charge in [-0.1, -0.05) is 40.0 Å². The fraction of sp³-hybridized carbons (Fsp3) is 0.929. The Morgan fingerprint density at radius 1 is 1.28 bits per heavy atom. The third-order valence-electron chi connectivity index (χ3n) is 2.96. The van der Waals surface area contributed by atoms with Gasteiger partial charge in [-0.15, -0.1) is 0 Å². The molecule has 18 heavy (non-hydrogen) atoms. The summed E-state index contributed by atoms with van der Waals surface area (Å²) in [6.07, 6.45) is 5.32. The smallest absolute Gasteiger partial charge is 0.222 e. The van der Waals surface area contributed by atoms with Gasteiger partial charge < -0.3 is 15.8 Å². The van der Waals surface area contributed by atoms with Crippen molar-refractivity contribution in [2.45, 2.75) is 52.9 Å². The Hall–Kier alpha value is -0.610. The van der Waals surface area contributed by atoms with Crippen molar-refractivity contribution in [3.05, 3.63) is 0 Å². The van der Waals surface area contributed by atoms with E-state index in [0.717, 1.165) is 13.0 Å². The summed E-state index contributed by atoms with van der Waals surface area (Å²) in [6.45, 7) is 8.84. The molecule has 0 spiro atoms. The van der Waals surface area contributed by atoms with Crippen LogP contribution >= 0.6 is 0 Å². The predicted molar refractivity (Wildman–Crippen MR) is 75.4 cm³/mol. The lowest BCUT2D eigenvalue weighted by Crippen LogP contribution is -2.34. The second-order valence-corrected chi connectivity index (χ2v) is 5.55. The molecular weight excluding hydrogens is 228 g/mol. The first-order chi connectivity index (χ1) is 8.52. The van der Waals surface area contributed by atoms with Crippen molar-refractivity contribution in [1.82, 2.24) is 5.32 Å². The number of carbonyl (C=O) groups is 1. The first-order valence-corrected chi connectivity index (χ1v) is 7.06. The molecule has 0 atom stereocenters. The molecule has 0 heterocycles. The first kappa shape index (κ1) is 17.4. The van der Waals surface area contributed by atoms with Gasteiger partial charge >= 0.3 is 0 Å². The van der Waals surface area contributed by atoms with Crippen LogP contribution in [0.25, 0.3) is 0 Å². The number of ether oxygens (including phenoxy) is 1. The van der Waals surface area contributed by atoms with Crippen molar-refractivity contribution in [3.63, 3.8) is 0 Å². The molecule has 0 aliphatic heterocycles. The van der Waals surface area contributed by atoms with Gasteiger partial charge in [0.25, 0.3) is 0 Å². The van der Waals surface area contributed by atoms with Gasteiger partial charge in [-0.05, 0) is 11.8 Å². The summed E-state index contributed by atoms with van der Waals surface area (Å²) in [6, 6.07) is 0. The zero-order chi connectivity index (χ0) is 13.9. The molecule has 0 bridgehead atoms. The number of amides is 1. The Morgan fingerprint density at radius 3 is 2.61 bits per heavy atom. The Kier molecular flexibility index (Phi) is 9.98. The average molecular weight is 258 g/mol. The van der Waals surface area contributed by atoms with Crippen molar-refractivity contribution in [2.75, 3.05) is 26.3 Å². The van der Waals surface area contributed by atoms with E-state index in [1.54, 1.807) is 0 Å². The van der Waals surface area contributed by atoms with Crippen LogP contribution in [0.5, 0.6) is 0 Å². The molecule has 3 N–H and O–H groups in total. The Morgan fingerprint density at radius 2 is 2.00 bits per heavy atom. The highest BCUT2D eigenvalue weighted by Gasteiger charge is 2.17. The first-order valence-electron chi connectivity index (χ1n) is 7.06. The molecule has 0 aromatic heterocycles. The zero-order valence-corrected chi connectivity index (χ0v) is 12.3. The molecule has 0 aliphatic rings. The van der Waals surface area contributed by atoms with Gasteiger partial charge in [0.2, 0.25) is 5.91 Å². The van der Waals surface area contributed by atoms with E-state index in [1.807, 2.05) is 0 Å². The SMILES string of the molecule is CCCCCC(C)(C)CNC(=O)CCOCCN. The molecule has 0 aromatic rings. The molecule has 4 nitrogen and oxygen atoms in total. The van der Waals surface area contributed by atoms with Crippen molar-refractivity contribution in [2.24, 2.45) is 11.1 Å². The monoisotopic (exact) mass is 258 g/mol. The molecule has 0 fully saturated rings. The lowest BCUT2D eigenvalue weighted by Gasteiger charge is -2.25. The second kappa shape index (κ2) is 10.3. The summed E-state index contributed by atoms with van der Waals surface area (Å²) >= 11 is 0. The maximum absolute atomic E-state index is 11.6. The summed E-state index contributed by atoms with van der Waals surface area (Å²) in [5.41, 5.74) is 5.48. The minimum Gasteiger partial charge on any atom is -0.380 e. The highest BCUT2D eigenvalue weighted by Crippen LogP contribution is 2.22. The van der Waals surface area contributed by atoms with Gasteiger partial charge in [-0.2, -0.15) is 0 Å². The number of nitrogens with two attached hydrogens (primary N) is 1. The second-order valence-electron chi connectivity index (χ2n) is 5.55. The van der Waals surface area contributed by atoms with Crippen molar-refractivity contribution < 1.29 is 9.53 Å². The molecule has 0 saturated heterocycles. The van der Waals surface area contributed by atoms with Crippen LogP contribution < -0.4 is 11.1 Å². The maximum atomic E-state index is 11.6. The number of nitrogens with one attached hydrogen (secondary N) is 1. The lowest BCUT2D eigenvalue weighted by atomic mass is 9.87. The molecule has 1 amide bonds. The van der Waals surface area contributed by atoms with Gasteiger partial charge in [-0.25, -0.2) is 0 Å². The summed E-state index contributed by atoms with van der Waals surface area (Å²) in [5.74, 6) is 0.0654. The topological polar surface area (TPSA) is 64.3 Å². The molecule has 0 rings (SSSR count). The predicted octanol–water partition coefficient (Wildman–Crippen LogP) is 2.07. The van der Waals surface area contributed by atoms with Gasteiger partial charge in [0, 0.05) is 19.5 Å². The Balaban J connectivity index is 3.62. The maximum Gasteiger partial charge on any atom is 0.222 e. The summed E-state index contributed by atoms with van der Waals surface area (Å²) in [7, 11) is 0. The van der Waals surface area contributed by atoms with Gasteiger partial charge in [0.15, 0.2) is 0 Å². The quantitative estimate of drug-likeness (QED) is 0.558. The summed E-state index contributed by atoms with van der Waals surface area (Å²) in [4.78, 5) is 11.6. The Bertz CT molecular complexity index is 218. The van der Waals surface area contributed by atoms with Gasteiger partial charge in [0.1, 0.15) is 0 Å². The van der Waals surface area contributed by atoms with E-state index in [-0.39, 0.29) is 11.3 Å². The van der Waals surface area contributed by atoms with E-state index in [9.17, 15) is 4.79 Å². The molecule has 0 saturated carbocycles. The molecular formula is C14H30N2O2. The normalized spacial score (nSPS) is 11.6. The summed E-state index contributed by atoms with van der Waals surface area (Å²) in [5, 5.41) is 2.98. The van der Waals surface area contributed by atoms with Crippen LogP contribution in [0.4, 0.5) is 0 Å². The molecule has 108 valence electrons. The van der Waals surface area contributed by atoms with Crippen LogP contribution in [-0.2, 0) is 9.53 Å². The lowest BCUT2D eigenvalue weighted by molar-refractivity contribution is -0.122. The van der Waals surface area contributed by atoms with Crippen LogP contribution in [-0.4, -0.2) is 32.2 Å². The number of carbonyl (C=O) groups excluding carboxylic acids is 1. The highest BCUT2D eigenvalue weighted by molar-refractivity contribution is 5.75. The van der Waals surface area contributed by atoms with Gasteiger partial charge in [-0.3, -0.25) is 4.79 Å². The molecule has 0 radical (unpaired) electrons. The number of rotatable bonds is 11. The molecule has 0 aliphatic carbocycles. The van der Waals surface area contributed by atoms with Crippen LogP contribution in [0.15, 0.2) is 0 Å². The number of hydrogen-bond acceptors (Lipinski definition) is 3. The minimum absolute atomic E-state index is 0.0654. The zero-order valence-electron chi connectivity index (χ0n) is 12.3. The van der Waals surface area contributed by atoms with Crippen molar-refractivity contribution in [1.29, 1.82) is 0 Å². The van der Waals surface area contributed by atoms with Gasteiger partial charge in [0.05, 0.1) is 13.2 Å². The molecule has 0 unspecified atom stereocenters. The fourth-order valence-corrected chi connectivity index (χ4v) is 1.72. The van der Waals surface area contributed by atoms with Crippen LogP contribution in [0.3, 0.4) is 0 Å². The van der Waals surface area contributed by atoms with E-state index in [2.05, 4.69) is 26.1 Å². The highest BCUT2D eigenvalue weighted by atomic mass is 16.5. The van der Waals surface area contributed by atoms with Crippen LogP contribution in [0.2, 0.25) is 0 Å². The summed E-state index contributed by atoms with van der Waals surface area (Å²) < 4.78 is 5.18. The molecule has 4 heteroatoms. The third-order valence-corrected chi connectivity index (χ3v) is 2.96. The fourth-order valence-electron chi connectivity index (χ4n) is 1.72. The van der Waals surface area contributed by atoms with Crippen molar-refractivity contribution >= 4 is 5.91 Å².